The molecule has 0 amide bonds. The number of rotatable bonds is 1. The van der Waals surface area contributed by atoms with E-state index in [1.54, 1.807) is 0 Å². The van der Waals surface area contributed by atoms with E-state index in [0.717, 1.165) is 41.4 Å². The molecule has 2 N–H and O–H groups in total. The van der Waals surface area contributed by atoms with E-state index in [1.165, 1.54) is 0 Å². The van der Waals surface area contributed by atoms with Crippen LogP contribution in [0.4, 0.5) is 0 Å². The molecule has 0 radical (unpaired) electrons. The molecule has 17 heavy (non-hydrogen) atoms. The van der Waals surface area contributed by atoms with Crippen LogP contribution >= 0.6 is 15.9 Å². The van der Waals surface area contributed by atoms with E-state index < -0.39 is 0 Å². The minimum atomic E-state index is -0.00111. The molecular formula is C12H14BrN3O. The second-order valence-corrected chi connectivity index (χ2v) is 5.27. The zero-order chi connectivity index (χ0) is 11.8. The van der Waals surface area contributed by atoms with Crippen LogP contribution in [0, 0.1) is 0 Å². The normalized spacial score (nSPS) is 17.7. The molecular weight excluding hydrogens is 282 g/mol. The average molecular weight is 296 g/mol. The lowest BCUT2D eigenvalue weighted by Gasteiger charge is -2.24. The zero-order valence-electron chi connectivity index (χ0n) is 9.37. The summed E-state index contributed by atoms with van der Waals surface area (Å²) in [5.41, 5.74) is 1.89. The molecule has 0 spiro atoms. The second kappa shape index (κ2) is 4.31. The Kier molecular flexibility index (Phi) is 2.80. The molecule has 0 atom stereocenters. The number of benzene rings is 1. The number of fused-ring (bicyclic) bond motifs is 1. The molecule has 1 fully saturated rings. The summed E-state index contributed by atoms with van der Waals surface area (Å²) in [6.45, 7) is 1.96. The number of piperidine rings is 1. The molecule has 0 unspecified atom stereocenters. The molecule has 2 aromatic rings. The summed E-state index contributed by atoms with van der Waals surface area (Å²) < 4.78 is 2.88. The standard InChI is InChI=1S/C12H14BrN3O/c13-9-2-1-3-10-11(9)16(12(17)15-10)8-4-6-14-7-5-8/h1-3,8,14H,4-7H2,(H,15,17). The number of halogens is 1. The van der Waals surface area contributed by atoms with Gasteiger partial charge in [0.05, 0.1) is 11.0 Å². The minimum Gasteiger partial charge on any atom is -0.317 e. The van der Waals surface area contributed by atoms with Crippen LogP contribution in [0.3, 0.4) is 0 Å². The fraction of sp³-hybridized carbons (Fsp3) is 0.417. The number of hydrogen-bond acceptors (Lipinski definition) is 2. The number of nitrogens with zero attached hydrogens (tertiary/aromatic N) is 1. The van der Waals surface area contributed by atoms with Gasteiger partial charge in [-0.2, -0.15) is 0 Å². The van der Waals surface area contributed by atoms with Crippen molar-refractivity contribution in [3.8, 4) is 0 Å². The number of H-pyrrole nitrogens is 1. The van der Waals surface area contributed by atoms with Crippen molar-refractivity contribution in [1.29, 1.82) is 0 Å². The molecule has 2 heterocycles. The largest absolute Gasteiger partial charge is 0.326 e. The van der Waals surface area contributed by atoms with Crippen molar-refractivity contribution in [1.82, 2.24) is 14.9 Å². The van der Waals surface area contributed by atoms with Crippen molar-refractivity contribution in [2.45, 2.75) is 18.9 Å². The molecule has 1 aromatic heterocycles. The predicted molar refractivity (Wildman–Crippen MR) is 71.4 cm³/mol. The summed E-state index contributed by atoms with van der Waals surface area (Å²) >= 11 is 3.53. The van der Waals surface area contributed by atoms with E-state index in [4.69, 9.17) is 0 Å². The Morgan fingerprint density at radius 3 is 2.82 bits per heavy atom. The molecule has 0 bridgehead atoms. The topological polar surface area (TPSA) is 49.8 Å². The Labute approximate surface area is 107 Å². The highest BCUT2D eigenvalue weighted by molar-refractivity contribution is 9.10. The highest BCUT2D eigenvalue weighted by atomic mass is 79.9. The fourth-order valence-electron chi connectivity index (χ4n) is 2.55. The highest BCUT2D eigenvalue weighted by Gasteiger charge is 2.20. The van der Waals surface area contributed by atoms with Gasteiger partial charge >= 0.3 is 5.69 Å². The third kappa shape index (κ3) is 1.83. The Bertz CT molecular complexity index is 595. The SMILES string of the molecule is O=c1[nH]c2cccc(Br)c2n1C1CCNCC1. The maximum atomic E-state index is 12.1. The molecule has 1 aromatic carbocycles. The van der Waals surface area contributed by atoms with E-state index in [0.29, 0.717) is 6.04 Å². The molecule has 0 aliphatic carbocycles. The van der Waals surface area contributed by atoms with Crippen LogP contribution in [0.2, 0.25) is 0 Å². The number of imidazole rings is 1. The van der Waals surface area contributed by atoms with Crippen molar-refractivity contribution in [3.05, 3.63) is 33.2 Å². The average Bonchev–Trinajstić information content (AvgIpc) is 2.68. The van der Waals surface area contributed by atoms with E-state index in [2.05, 4.69) is 26.2 Å². The number of hydrogen-bond donors (Lipinski definition) is 2. The summed E-state index contributed by atoms with van der Waals surface area (Å²) in [5, 5.41) is 3.32. The first kappa shape index (κ1) is 11.0. The molecule has 4 nitrogen and oxygen atoms in total. The van der Waals surface area contributed by atoms with Gasteiger partial charge in [-0.1, -0.05) is 6.07 Å². The van der Waals surface area contributed by atoms with Crippen molar-refractivity contribution in [2.75, 3.05) is 13.1 Å². The summed E-state index contributed by atoms with van der Waals surface area (Å²) in [7, 11) is 0. The van der Waals surface area contributed by atoms with Crippen LogP contribution in [0.5, 0.6) is 0 Å². The van der Waals surface area contributed by atoms with Crippen LogP contribution in [-0.4, -0.2) is 22.6 Å². The van der Waals surface area contributed by atoms with Crippen LogP contribution in [0.1, 0.15) is 18.9 Å². The predicted octanol–water partition coefficient (Wildman–Crippen LogP) is 2.02. The van der Waals surface area contributed by atoms with Crippen molar-refractivity contribution < 1.29 is 0 Å². The van der Waals surface area contributed by atoms with Gasteiger partial charge in [0.1, 0.15) is 0 Å². The molecule has 5 heteroatoms. The fourth-order valence-corrected chi connectivity index (χ4v) is 3.11. The van der Waals surface area contributed by atoms with Crippen LogP contribution < -0.4 is 11.0 Å². The Hall–Kier alpha value is -1.07. The van der Waals surface area contributed by atoms with Gasteiger partial charge in [-0.05, 0) is 54.0 Å². The van der Waals surface area contributed by atoms with Crippen LogP contribution in [0.25, 0.3) is 11.0 Å². The zero-order valence-corrected chi connectivity index (χ0v) is 11.0. The van der Waals surface area contributed by atoms with Gasteiger partial charge in [0, 0.05) is 10.5 Å². The number of nitrogens with one attached hydrogen (secondary N) is 2. The Morgan fingerprint density at radius 2 is 2.06 bits per heavy atom. The van der Waals surface area contributed by atoms with Gasteiger partial charge in [-0.15, -0.1) is 0 Å². The Morgan fingerprint density at radius 1 is 1.29 bits per heavy atom. The van der Waals surface area contributed by atoms with Crippen molar-refractivity contribution in [3.63, 3.8) is 0 Å². The van der Waals surface area contributed by atoms with E-state index >= 15 is 0 Å². The van der Waals surface area contributed by atoms with Gasteiger partial charge < -0.3 is 10.3 Å². The molecule has 1 aliphatic heterocycles. The smallest absolute Gasteiger partial charge is 0.317 e. The monoisotopic (exact) mass is 295 g/mol. The van der Waals surface area contributed by atoms with Gasteiger partial charge in [0.2, 0.25) is 0 Å². The first-order valence-electron chi connectivity index (χ1n) is 5.87. The Balaban J connectivity index is 2.20. The quantitative estimate of drug-likeness (QED) is 0.846. The molecule has 1 aliphatic rings. The molecule has 1 saturated heterocycles. The van der Waals surface area contributed by atoms with Crippen LogP contribution in [0.15, 0.2) is 27.5 Å². The lowest BCUT2D eigenvalue weighted by Crippen LogP contribution is -2.33. The molecule has 0 saturated carbocycles. The van der Waals surface area contributed by atoms with Crippen LogP contribution in [-0.2, 0) is 0 Å². The lowest BCUT2D eigenvalue weighted by atomic mass is 10.1. The lowest BCUT2D eigenvalue weighted by molar-refractivity contribution is 0.368. The first-order chi connectivity index (χ1) is 8.27. The van der Waals surface area contributed by atoms with Gasteiger partial charge in [0.15, 0.2) is 0 Å². The van der Waals surface area contributed by atoms with E-state index in [-0.39, 0.29) is 5.69 Å². The van der Waals surface area contributed by atoms with Gasteiger partial charge in [0.25, 0.3) is 0 Å². The number of aromatic amines is 1. The first-order valence-corrected chi connectivity index (χ1v) is 6.66. The maximum absolute atomic E-state index is 12.1. The minimum absolute atomic E-state index is 0.00111. The summed E-state index contributed by atoms with van der Waals surface area (Å²) in [5.74, 6) is 0. The van der Waals surface area contributed by atoms with Gasteiger partial charge in [-0.3, -0.25) is 4.57 Å². The number of para-hydroxylation sites is 1. The third-order valence-corrected chi connectivity index (χ3v) is 4.00. The van der Waals surface area contributed by atoms with E-state index in [9.17, 15) is 4.79 Å². The summed E-state index contributed by atoms with van der Waals surface area (Å²) in [4.78, 5) is 15.0. The molecule has 90 valence electrons. The number of aromatic nitrogens is 2. The van der Waals surface area contributed by atoms with Gasteiger partial charge in [-0.25, -0.2) is 4.79 Å². The highest BCUT2D eigenvalue weighted by Crippen LogP contribution is 2.27. The third-order valence-electron chi connectivity index (χ3n) is 3.36. The summed E-state index contributed by atoms with van der Waals surface area (Å²) in [6, 6.07) is 6.16. The summed E-state index contributed by atoms with van der Waals surface area (Å²) in [6.07, 6.45) is 2.02. The van der Waals surface area contributed by atoms with E-state index in [1.807, 2.05) is 22.8 Å². The molecule has 3 rings (SSSR count). The van der Waals surface area contributed by atoms with Crippen molar-refractivity contribution >= 4 is 27.0 Å². The second-order valence-electron chi connectivity index (χ2n) is 4.42. The maximum Gasteiger partial charge on any atom is 0.326 e. The van der Waals surface area contributed by atoms with Crippen molar-refractivity contribution in [2.24, 2.45) is 0 Å².